The fraction of sp³-hybridized carbons (Fsp3) is 0.176. The molecule has 0 amide bonds. The highest BCUT2D eigenvalue weighted by molar-refractivity contribution is 6.31. The van der Waals surface area contributed by atoms with E-state index in [1.54, 1.807) is 7.05 Å². The summed E-state index contributed by atoms with van der Waals surface area (Å²) < 4.78 is 7.83. The highest BCUT2D eigenvalue weighted by Crippen LogP contribution is 2.27. The third-order valence-corrected chi connectivity index (χ3v) is 4.33. The molecule has 0 aliphatic rings. The van der Waals surface area contributed by atoms with Gasteiger partial charge in [0, 0.05) is 17.1 Å². The zero-order chi connectivity index (χ0) is 17.3. The van der Waals surface area contributed by atoms with Crippen LogP contribution in [0.15, 0.2) is 47.3 Å². The summed E-state index contributed by atoms with van der Waals surface area (Å²) >= 11 is 12.2. The average Bonchev–Trinajstić information content (AvgIpc) is 2.85. The highest BCUT2D eigenvalue weighted by atomic mass is 35.5. The lowest BCUT2D eigenvalue weighted by Crippen LogP contribution is -2.23. The van der Waals surface area contributed by atoms with Gasteiger partial charge in [-0.3, -0.25) is 0 Å². The first-order valence-corrected chi connectivity index (χ1v) is 7.97. The Morgan fingerprint density at radius 3 is 2.42 bits per heavy atom. The lowest BCUT2D eigenvalue weighted by atomic mass is 10.0. The first kappa shape index (κ1) is 16.6. The molecule has 0 aliphatic heterocycles. The number of aryl methyl sites for hydroxylation is 1. The molecule has 0 fully saturated rings. The first-order chi connectivity index (χ1) is 11.5. The largest absolute Gasteiger partial charge is 0.467 e. The monoisotopic (exact) mass is 363 g/mol. The maximum atomic E-state index is 12.2. The maximum absolute atomic E-state index is 12.2. The molecule has 5 nitrogen and oxygen atoms in total. The minimum atomic E-state index is -0.264. The van der Waals surface area contributed by atoms with E-state index in [1.165, 1.54) is 16.4 Å². The number of benzene rings is 2. The second-order valence-electron chi connectivity index (χ2n) is 5.29. The van der Waals surface area contributed by atoms with E-state index in [1.807, 2.05) is 42.5 Å². The Balaban J connectivity index is 2.01. The second-order valence-corrected chi connectivity index (χ2v) is 6.14. The van der Waals surface area contributed by atoms with Crippen LogP contribution in [0.4, 0.5) is 0 Å². The molecule has 0 radical (unpaired) electrons. The minimum Gasteiger partial charge on any atom is -0.467 e. The molecule has 0 spiro atoms. The van der Waals surface area contributed by atoms with Crippen molar-refractivity contribution in [1.82, 2.24) is 14.3 Å². The Hall–Kier alpha value is -2.24. The van der Waals surface area contributed by atoms with Crippen LogP contribution in [0.1, 0.15) is 5.56 Å². The lowest BCUT2D eigenvalue weighted by Gasteiger charge is -2.09. The predicted octanol–water partition coefficient (Wildman–Crippen LogP) is 3.61. The van der Waals surface area contributed by atoms with Crippen molar-refractivity contribution in [3.63, 3.8) is 0 Å². The van der Waals surface area contributed by atoms with E-state index in [-0.39, 0.29) is 18.2 Å². The number of halogens is 2. The number of aromatic nitrogens is 3. The minimum absolute atomic E-state index is 0.246. The van der Waals surface area contributed by atoms with E-state index in [4.69, 9.17) is 27.9 Å². The van der Waals surface area contributed by atoms with Crippen LogP contribution in [-0.2, 0) is 13.6 Å². The quantitative estimate of drug-likeness (QED) is 0.711. The summed E-state index contributed by atoms with van der Waals surface area (Å²) in [6.45, 7) is 0.274. The number of hydrogen-bond donors (Lipinski definition) is 0. The van der Waals surface area contributed by atoms with Gasteiger partial charge in [-0.05, 0) is 41.0 Å². The maximum Gasteiger partial charge on any atom is 0.348 e. The fourth-order valence-electron chi connectivity index (χ4n) is 2.46. The fourth-order valence-corrected chi connectivity index (χ4v) is 2.76. The number of ether oxygens (including phenoxy) is 1. The molecular formula is C17H15Cl2N3O2. The van der Waals surface area contributed by atoms with Gasteiger partial charge in [0.05, 0.1) is 13.7 Å². The van der Waals surface area contributed by atoms with Crippen LogP contribution in [-0.4, -0.2) is 21.5 Å². The molecule has 0 aliphatic carbocycles. The molecule has 7 heteroatoms. The Morgan fingerprint density at radius 1 is 1.08 bits per heavy atom. The molecule has 3 rings (SSSR count). The molecule has 124 valence electrons. The van der Waals surface area contributed by atoms with E-state index < -0.39 is 0 Å². The van der Waals surface area contributed by atoms with Gasteiger partial charge >= 0.3 is 11.7 Å². The molecule has 0 atom stereocenters. The van der Waals surface area contributed by atoms with Crippen molar-refractivity contribution in [2.24, 2.45) is 7.05 Å². The van der Waals surface area contributed by atoms with Gasteiger partial charge in [0.2, 0.25) is 0 Å². The summed E-state index contributed by atoms with van der Waals surface area (Å²) in [4.78, 5) is 12.2. The van der Waals surface area contributed by atoms with Crippen LogP contribution in [0.2, 0.25) is 10.0 Å². The molecule has 0 unspecified atom stereocenters. The van der Waals surface area contributed by atoms with Crippen molar-refractivity contribution < 1.29 is 4.74 Å². The van der Waals surface area contributed by atoms with Crippen molar-refractivity contribution in [1.29, 1.82) is 0 Å². The van der Waals surface area contributed by atoms with Gasteiger partial charge in [0.25, 0.3) is 0 Å². The number of methoxy groups -OCH3 is 1. The molecular weight excluding hydrogens is 349 g/mol. The van der Waals surface area contributed by atoms with Crippen molar-refractivity contribution >= 4 is 23.2 Å². The summed E-state index contributed by atoms with van der Waals surface area (Å²) in [6, 6.07) is 13.5. The lowest BCUT2D eigenvalue weighted by molar-refractivity contribution is 0.357. The summed E-state index contributed by atoms with van der Waals surface area (Å²) in [5, 5.41) is 5.29. The topological polar surface area (TPSA) is 49.1 Å². The van der Waals surface area contributed by atoms with Crippen molar-refractivity contribution in [2.45, 2.75) is 6.54 Å². The highest BCUT2D eigenvalue weighted by Gasteiger charge is 2.14. The Labute approximate surface area is 149 Å². The van der Waals surface area contributed by atoms with Gasteiger partial charge in [0.15, 0.2) is 0 Å². The van der Waals surface area contributed by atoms with Crippen LogP contribution in [0.5, 0.6) is 6.01 Å². The number of hydrogen-bond acceptors (Lipinski definition) is 3. The van der Waals surface area contributed by atoms with Crippen LogP contribution in [0.25, 0.3) is 11.1 Å². The van der Waals surface area contributed by atoms with Crippen LogP contribution in [0.3, 0.4) is 0 Å². The van der Waals surface area contributed by atoms with Crippen LogP contribution in [0, 0.1) is 0 Å². The Bertz CT molecular complexity index is 930. The summed E-state index contributed by atoms with van der Waals surface area (Å²) in [6.07, 6.45) is 0. The third kappa shape index (κ3) is 3.18. The van der Waals surface area contributed by atoms with Crippen LogP contribution >= 0.6 is 23.2 Å². The molecule has 0 saturated carbocycles. The van der Waals surface area contributed by atoms with Gasteiger partial charge in [-0.1, -0.05) is 41.4 Å². The molecule has 3 aromatic rings. The standard InChI is InChI=1S/C17H15Cl2N3O2/c1-21-17(23)22(16(20-21)24-2)10-13-9-12(5-8-15(13)19)11-3-6-14(18)7-4-11/h3-9H,10H2,1-2H3. The van der Waals surface area contributed by atoms with Gasteiger partial charge in [-0.2, -0.15) is 0 Å². The molecule has 2 aromatic carbocycles. The molecule has 24 heavy (non-hydrogen) atoms. The molecule has 1 aromatic heterocycles. The van der Waals surface area contributed by atoms with E-state index in [9.17, 15) is 4.79 Å². The SMILES string of the molecule is COc1nn(C)c(=O)n1Cc1cc(-c2ccc(Cl)cc2)ccc1Cl. The van der Waals surface area contributed by atoms with E-state index in [0.29, 0.717) is 10.0 Å². The van der Waals surface area contributed by atoms with Gasteiger partial charge in [0.1, 0.15) is 0 Å². The molecule has 0 N–H and O–H groups in total. The summed E-state index contributed by atoms with van der Waals surface area (Å²) in [5.74, 6) is 0. The van der Waals surface area contributed by atoms with Crippen molar-refractivity contribution in [3.05, 3.63) is 68.6 Å². The summed E-state index contributed by atoms with van der Waals surface area (Å²) in [7, 11) is 3.05. The van der Waals surface area contributed by atoms with Crippen molar-refractivity contribution in [2.75, 3.05) is 7.11 Å². The predicted molar refractivity (Wildman–Crippen MR) is 95.0 cm³/mol. The van der Waals surface area contributed by atoms with E-state index >= 15 is 0 Å². The van der Waals surface area contributed by atoms with E-state index in [2.05, 4.69) is 5.10 Å². The molecule has 0 bridgehead atoms. The molecule has 0 saturated heterocycles. The first-order valence-electron chi connectivity index (χ1n) is 7.22. The Kier molecular flexibility index (Phi) is 4.64. The smallest absolute Gasteiger partial charge is 0.348 e. The summed E-state index contributed by atoms with van der Waals surface area (Å²) in [5.41, 5.74) is 2.54. The zero-order valence-electron chi connectivity index (χ0n) is 13.2. The molecule has 1 heterocycles. The normalized spacial score (nSPS) is 10.8. The Morgan fingerprint density at radius 2 is 1.75 bits per heavy atom. The average molecular weight is 364 g/mol. The number of nitrogens with zero attached hydrogens (tertiary/aromatic N) is 3. The third-order valence-electron chi connectivity index (χ3n) is 3.71. The van der Waals surface area contributed by atoms with Crippen LogP contribution < -0.4 is 10.4 Å². The van der Waals surface area contributed by atoms with Gasteiger partial charge in [-0.15, -0.1) is 5.10 Å². The van der Waals surface area contributed by atoms with Gasteiger partial charge in [-0.25, -0.2) is 14.0 Å². The zero-order valence-corrected chi connectivity index (χ0v) is 14.7. The van der Waals surface area contributed by atoms with E-state index in [0.717, 1.165) is 16.7 Å². The number of rotatable bonds is 4. The van der Waals surface area contributed by atoms with Crippen molar-refractivity contribution in [3.8, 4) is 17.1 Å². The second kappa shape index (κ2) is 6.71. The van der Waals surface area contributed by atoms with Gasteiger partial charge < -0.3 is 4.74 Å².